The lowest BCUT2D eigenvalue weighted by atomic mass is 9.79. The van der Waals surface area contributed by atoms with Crippen LogP contribution in [0.4, 0.5) is 0 Å². The molecular formula is C9H11BrOS. The summed E-state index contributed by atoms with van der Waals surface area (Å²) in [5.41, 5.74) is 1.08. The van der Waals surface area contributed by atoms with E-state index in [0.29, 0.717) is 5.92 Å². The molecule has 3 heteroatoms. The van der Waals surface area contributed by atoms with Crippen LogP contribution in [0.5, 0.6) is 0 Å². The number of halogens is 1. The molecule has 2 rings (SSSR count). The summed E-state index contributed by atoms with van der Waals surface area (Å²) in [4.78, 5) is 0. The molecule has 0 bridgehead atoms. The molecule has 1 aliphatic rings. The van der Waals surface area contributed by atoms with Crippen molar-refractivity contribution in [3.63, 3.8) is 0 Å². The second-order valence-electron chi connectivity index (χ2n) is 3.32. The Kier molecular flexibility index (Phi) is 2.53. The first kappa shape index (κ1) is 8.73. The first-order chi connectivity index (χ1) is 5.77. The average molecular weight is 247 g/mol. The van der Waals surface area contributed by atoms with Gasteiger partial charge in [0.05, 0.1) is 9.89 Å². The van der Waals surface area contributed by atoms with Crippen LogP contribution in [0.25, 0.3) is 0 Å². The van der Waals surface area contributed by atoms with E-state index in [1.54, 1.807) is 11.3 Å². The van der Waals surface area contributed by atoms with Gasteiger partial charge in [0, 0.05) is 0 Å². The monoisotopic (exact) mass is 246 g/mol. The Bertz CT molecular complexity index is 267. The summed E-state index contributed by atoms with van der Waals surface area (Å²) < 4.78 is 1.11. The smallest absolute Gasteiger partial charge is 0.0826 e. The van der Waals surface area contributed by atoms with Crippen molar-refractivity contribution in [1.82, 2.24) is 0 Å². The third kappa shape index (κ3) is 1.58. The van der Waals surface area contributed by atoms with E-state index in [2.05, 4.69) is 15.9 Å². The molecule has 1 unspecified atom stereocenters. The van der Waals surface area contributed by atoms with E-state index in [4.69, 9.17) is 0 Å². The molecule has 1 fully saturated rings. The van der Waals surface area contributed by atoms with Gasteiger partial charge in [-0.05, 0) is 51.7 Å². The van der Waals surface area contributed by atoms with Gasteiger partial charge in [0.15, 0.2) is 0 Å². The Balaban J connectivity index is 2.08. The molecule has 1 saturated carbocycles. The van der Waals surface area contributed by atoms with E-state index >= 15 is 0 Å². The first-order valence-corrected chi connectivity index (χ1v) is 5.86. The highest BCUT2D eigenvalue weighted by Gasteiger charge is 2.27. The summed E-state index contributed by atoms with van der Waals surface area (Å²) >= 11 is 5.04. The van der Waals surface area contributed by atoms with Gasteiger partial charge < -0.3 is 5.11 Å². The number of aliphatic hydroxyl groups is 1. The minimum atomic E-state index is -0.221. The standard InChI is InChI=1S/C9H11BrOS/c10-8-4-7(5-12-8)9(11)6-2-1-3-6/h4-6,9,11H,1-3H2. The molecule has 0 aliphatic heterocycles. The van der Waals surface area contributed by atoms with Crippen LogP contribution in [0.1, 0.15) is 30.9 Å². The molecular weight excluding hydrogens is 236 g/mol. The van der Waals surface area contributed by atoms with Crippen molar-refractivity contribution in [2.75, 3.05) is 0 Å². The van der Waals surface area contributed by atoms with E-state index in [9.17, 15) is 5.11 Å². The zero-order valence-corrected chi connectivity index (χ0v) is 9.07. The van der Waals surface area contributed by atoms with Gasteiger partial charge in [-0.2, -0.15) is 0 Å². The van der Waals surface area contributed by atoms with Crippen LogP contribution in [-0.4, -0.2) is 5.11 Å². The third-order valence-electron chi connectivity index (χ3n) is 2.53. The largest absolute Gasteiger partial charge is 0.388 e. The Morgan fingerprint density at radius 3 is 2.75 bits per heavy atom. The molecule has 1 aromatic heterocycles. The number of thiophene rings is 1. The highest BCUT2D eigenvalue weighted by atomic mass is 79.9. The predicted molar refractivity (Wildman–Crippen MR) is 54.3 cm³/mol. The van der Waals surface area contributed by atoms with E-state index in [1.165, 1.54) is 19.3 Å². The maximum absolute atomic E-state index is 9.84. The van der Waals surface area contributed by atoms with E-state index < -0.39 is 0 Å². The summed E-state index contributed by atoms with van der Waals surface area (Å²) in [5.74, 6) is 0.520. The molecule has 1 nitrogen and oxygen atoms in total. The van der Waals surface area contributed by atoms with Gasteiger partial charge in [-0.1, -0.05) is 6.42 Å². The van der Waals surface area contributed by atoms with E-state index in [0.717, 1.165) is 9.35 Å². The van der Waals surface area contributed by atoms with Crippen LogP contribution in [-0.2, 0) is 0 Å². The van der Waals surface area contributed by atoms with Gasteiger partial charge in [0.25, 0.3) is 0 Å². The summed E-state index contributed by atoms with van der Waals surface area (Å²) in [6.07, 6.45) is 3.44. The number of aliphatic hydroxyl groups excluding tert-OH is 1. The Morgan fingerprint density at radius 1 is 1.58 bits per heavy atom. The van der Waals surface area contributed by atoms with Crippen molar-refractivity contribution in [2.45, 2.75) is 25.4 Å². The number of rotatable bonds is 2. The van der Waals surface area contributed by atoms with Gasteiger partial charge in [0.1, 0.15) is 0 Å². The third-order valence-corrected chi connectivity index (χ3v) is 4.05. The zero-order valence-electron chi connectivity index (χ0n) is 6.66. The van der Waals surface area contributed by atoms with Crippen LogP contribution < -0.4 is 0 Å². The molecule has 1 aromatic rings. The minimum Gasteiger partial charge on any atom is -0.388 e. The van der Waals surface area contributed by atoms with Crippen molar-refractivity contribution < 1.29 is 5.11 Å². The van der Waals surface area contributed by atoms with Crippen LogP contribution in [0, 0.1) is 5.92 Å². The molecule has 66 valence electrons. The normalized spacial score (nSPS) is 20.5. The molecule has 0 aromatic carbocycles. The van der Waals surface area contributed by atoms with Gasteiger partial charge in [-0.3, -0.25) is 0 Å². The maximum Gasteiger partial charge on any atom is 0.0826 e. The van der Waals surface area contributed by atoms with Gasteiger partial charge in [-0.15, -0.1) is 11.3 Å². The maximum atomic E-state index is 9.84. The molecule has 1 aliphatic carbocycles. The number of hydrogen-bond acceptors (Lipinski definition) is 2. The van der Waals surface area contributed by atoms with Gasteiger partial charge in [-0.25, -0.2) is 0 Å². The fraction of sp³-hybridized carbons (Fsp3) is 0.556. The highest BCUT2D eigenvalue weighted by molar-refractivity contribution is 9.11. The van der Waals surface area contributed by atoms with Gasteiger partial charge >= 0.3 is 0 Å². The summed E-state index contributed by atoms with van der Waals surface area (Å²) in [5, 5.41) is 11.9. The molecule has 0 amide bonds. The molecule has 0 radical (unpaired) electrons. The lowest BCUT2D eigenvalue weighted by Gasteiger charge is -2.29. The first-order valence-electron chi connectivity index (χ1n) is 4.19. The lowest BCUT2D eigenvalue weighted by molar-refractivity contribution is 0.0624. The molecule has 12 heavy (non-hydrogen) atoms. The quantitative estimate of drug-likeness (QED) is 0.849. The highest BCUT2D eigenvalue weighted by Crippen LogP contribution is 2.39. The zero-order chi connectivity index (χ0) is 8.55. The molecule has 0 saturated heterocycles. The van der Waals surface area contributed by atoms with Crippen molar-refractivity contribution >= 4 is 27.3 Å². The van der Waals surface area contributed by atoms with Crippen molar-refractivity contribution in [1.29, 1.82) is 0 Å². The van der Waals surface area contributed by atoms with E-state index in [1.807, 2.05) is 11.4 Å². The van der Waals surface area contributed by atoms with Gasteiger partial charge in [0.2, 0.25) is 0 Å². The van der Waals surface area contributed by atoms with Crippen LogP contribution in [0.15, 0.2) is 15.2 Å². The summed E-state index contributed by atoms with van der Waals surface area (Å²) in [6, 6.07) is 2.02. The van der Waals surface area contributed by atoms with Crippen molar-refractivity contribution in [2.24, 2.45) is 5.92 Å². The van der Waals surface area contributed by atoms with E-state index in [-0.39, 0.29) is 6.10 Å². The SMILES string of the molecule is OC(c1csc(Br)c1)C1CCC1. The Hall–Kier alpha value is 0.140. The molecule has 1 N–H and O–H groups in total. The summed E-state index contributed by atoms with van der Waals surface area (Å²) in [7, 11) is 0. The van der Waals surface area contributed by atoms with Crippen LogP contribution in [0.2, 0.25) is 0 Å². The average Bonchev–Trinajstić information content (AvgIpc) is 2.31. The second kappa shape index (κ2) is 3.48. The Labute approximate surface area is 84.6 Å². The molecule has 1 atom stereocenters. The topological polar surface area (TPSA) is 20.2 Å². The fourth-order valence-corrected chi connectivity index (χ4v) is 2.71. The summed E-state index contributed by atoms with van der Waals surface area (Å²) in [6.45, 7) is 0. The second-order valence-corrected chi connectivity index (χ2v) is 5.61. The predicted octanol–water partition coefficient (Wildman–Crippen LogP) is 3.34. The molecule has 0 spiro atoms. The van der Waals surface area contributed by atoms with Crippen LogP contribution >= 0.6 is 27.3 Å². The van der Waals surface area contributed by atoms with Crippen LogP contribution in [0.3, 0.4) is 0 Å². The van der Waals surface area contributed by atoms with Crippen molar-refractivity contribution in [3.8, 4) is 0 Å². The fourth-order valence-electron chi connectivity index (χ4n) is 1.51. The lowest BCUT2D eigenvalue weighted by Crippen LogP contribution is -2.19. The minimum absolute atomic E-state index is 0.221. The molecule has 1 heterocycles. The number of hydrogen-bond donors (Lipinski definition) is 1. The van der Waals surface area contributed by atoms with Crippen molar-refractivity contribution in [3.05, 3.63) is 20.8 Å². The Morgan fingerprint density at radius 2 is 2.33 bits per heavy atom.